The molecule has 0 aliphatic carbocycles. The zero-order valence-electron chi connectivity index (χ0n) is 11.4. The van der Waals surface area contributed by atoms with Gasteiger partial charge in [0.2, 0.25) is 10.6 Å². The summed E-state index contributed by atoms with van der Waals surface area (Å²) in [4.78, 5) is 15.0. The van der Waals surface area contributed by atoms with Crippen molar-refractivity contribution in [1.29, 1.82) is 0 Å². The normalized spacial score (nSPS) is 9.74. The van der Waals surface area contributed by atoms with Gasteiger partial charge >= 0.3 is 0 Å². The van der Waals surface area contributed by atoms with Gasteiger partial charge in [-0.2, -0.15) is 0 Å². The second-order valence-corrected chi connectivity index (χ2v) is 5.49. The monoisotopic (exact) mass is 387 g/mol. The molecule has 0 aliphatic heterocycles. The zero-order chi connectivity index (χ0) is 16.7. The van der Waals surface area contributed by atoms with Crippen LogP contribution in [-0.4, -0.2) is 19.9 Å². The van der Waals surface area contributed by atoms with Crippen molar-refractivity contribution in [3.8, 4) is 0 Å². The maximum Gasteiger partial charge on any atom is 0.224 e. The molecule has 23 heavy (non-hydrogen) atoms. The Morgan fingerprint density at radius 2 is 1.48 bits per heavy atom. The number of benzene rings is 1. The maximum absolute atomic E-state index is 5.84. The number of anilines is 2. The molecule has 5 nitrogen and oxygen atoms in total. The van der Waals surface area contributed by atoms with Crippen LogP contribution in [0.2, 0.25) is 20.7 Å². The third-order valence-electron chi connectivity index (χ3n) is 2.32. The van der Waals surface area contributed by atoms with E-state index >= 15 is 0 Å². The molecule has 0 amide bonds. The van der Waals surface area contributed by atoms with Gasteiger partial charge in [-0.05, 0) is 53.5 Å². The Morgan fingerprint density at radius 1 is 0.783 bits per heavy atom. The van der Waals surface area contributed by atoms with Gasteiger partial charge in [-0.3, -0.25) is 0 Å². The van der Waals surface area contributed by atoms with Crippen LogP contribution in [0.5, 0.6) is 0 Å². The van der Waals surface area contributed by atoms with Crippen molar-refractivity contribution < 1.29 is 0 Å². The van der Waals surface area contributed by atoms with Gasteiger partial charge in [0.15, 0.2) is 0 Å². The molecule has 1 N–H and O–H groups in total. The summed E-state index contributed by atoms with van der Waals surface area (Å²) < 4.78 is 0. The van der Waals surface area contributed by atoms with Crippen molar-refractivity contribution >= 4 is 57.9 Å². The number of halogens is 4. The summed E-state index contributed by atoms with van der Waals surface area (Å²) in [6, 6.07) is 10.6. The van der Waals surface area contributed by atoms with Crippen molar-refractivity contribution in [1.82, 2.24) is 19.9 Å². The molecule has 0 saturated carbocycles. The largest absolute Gasteiger partial charge is 0.340 e. The first-order valence-corrected chi connectivity index (χ1v) is 7.69. The number of aromatic nitrogens is 4. The molecule has 9 heteroatoms. The lowest BCUT2D eigenvalue weighted by Crippen LogP contribution is -1.94. The van der Waals surface area contributed by atoms with E-state index in [0.29, 0.717) is 16.0 Å². The van der Waals surface area contributed by atoms with E-state index in [9.17, 15) is 0 Å². The van der Waals surface area contributed by atoms with Gasteiger partial charge in [0, 0.05) is 23.1 Å². The predicted molar refractivity (Wildman–Crippen MR) is 93.8 cm³/mol. The summed E-state index contributed by atoms with van der Waals surface area (Å²) in [7, 11) is 0. The summed E-state index contributed by atoms with van der Waals surface area (Å²) in [6.07, 6.45) is 3.08. The molecule has 0 fully saturated rings. The Hall–Kier alpha value is -1.66. The van der Waals surface area contributed by atoms with Gasteiger partial charge in [-0.15, -0.1) is 0 Å². The fraction of sp³-hybridized carbons (Fsp3) is 0. The van der Waals surface area contributed by atoms with Gasteiger partial charge in [-0.1, -0.05) is 29.3 Å². The standard InChI is InChI=1S/C10H7Cl2N3.C4H2Cl2N2/c11-7-2-1-3-8(6-7)14-9-4-5-13-10(12)15-9;5-3-1-2-7-4(6)8-3/h1-6H,(H,13,14,15);1-2H. The van der Waals surface area contributed by atoms with E-state index in [4.69, 9.17) is 46.4 Å². The molecule has 0 unspecified atom stereocenters. The van der Waals surface area contributed by atoms with Crippen LogP contribution < -0.4 is 5.32 Å². The summed E-state index contributed by atoms with van der Waals surface area (Å²) in [5.74, 6) is 0.636. The van der Waals surface area contributed by atoms with E-state index in [1.807, 2.05) is 12.1 Å². The topological polar surface area (TPSA) is 63.6 Å². The van der Waals surface area contributed by atoms with Gasteiger partial charge in [0.1, 0.15) is 11.0 Å². The first-order chi connectivity index (χ1) is 11.0. The van der Waals surface area contributed by atoms with E-state index < -0.39 is 0 Å². The molecule has 2 aromatic heterocycles. The number of rotatable bonds is 2. The fourth-order valence-corrected chi connectivity index (χ4v) is 2.10. The molecule has 0 aliphatic rings. The molecule has 0 saturated heterocycles. The molecular weight excluding hydrogens is 380 g/mol. The highest BCUT2D eigenvalue weighted by Crippen LogP contribution is 2.19. The fourth-order valence-electron chi connectivity index (χ4n) is 1.43. The highest BCUT2D eigenvalue weighted by molar-refractivity contribution is 6.31. The van der Waals surface area contributed by atoms with E-state index in [-0.39, 0.29) is 10.6 Å². The van der Waals surface area contributed by atoms with E-state index in [1.165, 1.54) is 6.20 Å². The summed E-state index contributed by atoms with van der Waals surface area (Å²) >= 11 is 22.2. The molecular formula is C14H9Cl4N5. The van der Waals surface area contributed by atoms with Gasteiger partial charge in [0.25, 0.3) is 0 Å². The number of hydrogen-bond donors (Lipinski definition) is 1. The molecule has 3 rings (SSSR count). The smallest absolute Gasteiger partial charge is 0.224 e. The molecule has 0 atom stereocenters. The van der Waals surface area contributed by atoms with E-state index in [0.717, 1.165) is 5.69 Å². The van der Waals surface area contributed by atoms with Crippen LogP contribution in [-0.2, 0) is 0 Å². The number of hydrogen-bond acceptors (Lipinski definition) is 5. The van der Waals surface area contributed by atoms with Crippen molar-refractivity contribution in [2.24, 2.45) is 0 Å². The minimum atomic E-state index is 0.178. The second-order valence-electron chi connectivity index (χ2n) is 3.99. The molecule has 2 heterocycles. The predicted octanol–water partition coefficient (Wildman–Crippen LogP) is 5.31. The SMILES string of the molecule is Clc1cccc(Nc2ccnc(Cl)n2)c1.Clc1ccnc(Cl)n1. The Bertz CT molecular complexity index is 724. The van der Waals surface area contributed by atoms with Crippen LogP contribution >= 0.6 is 46.4 Å². The Balaban J connectivity index is 0.000000203. The van der Waals surface area contributed by atoms with Crippen LogP contribution in [0.15, 0.2) is 48.8 Å². The van der Waals surface area contributed by atoms with E-state index in [2.05, 4.69) is 25.3 Å². The molecule has 0 spiro atoms. The quantitative estimate of drug-likeness (QED) is 0.476. The Kier molecular flexibility index (Phi) is 6.80. The van der Waals surface area contributed by atoms with Crippen LogP contribution in [0.25, 0.3) is 0 Å². The van der Waals surface area contributed by atoms with E-state index in [1.54, 1.807) is 30.5 Å². The summed E-state index contributed by atoms with van der Waals surface area (Å²) in [5.41, 5.74) is 0.859. The lowest BCUT2D eigenvalue weighted by molar-refractivity contribution is 1.17. The third-order valence-corrected chi connectivity index (χ3v) is 3.13. The van der Waals surface area contributed by atoms with Crippen LogP contribution in [0.4, 0.5) is 11.5 Å². The highest BCUT2D eigenvalue weighted by atomic mass is 35.5. The molecule has 1 aromatic carbocycles. The lowest BCUT2D eigenvalue weighted by Gasteiger charge is -2.05. The highest BCUT2D eigenvalue weighted by Gasteiger charge is 1.98. The average Bonchev–Trinajstić information content (AvgIpc) is 2.47. The van der Waals surface area contributed by atoms with Crippen molar-refractivity contribution in [2.75, 3.05) is 5.32 Å². The summed E-state index contributed by atoms with van der Waals surface area (Å²) in [5, 5.41) is 4.49. The summed E-state index contributed by atoms with van der Waals surface area (Å²) in [6.45, 7) is 0. The Labute approximate surface area is 152 Å². The molecule has 3 aromatic rings. The first kappa shape index (κ1) is 17.7. The minimum absolute atomic E-state index is 0.178. The van der Waals surface area contributed by atoms with Crippen LogP contribution in [0, 0.1) is 0 Å². The minimum Gasteiger partial charge on any atom is -0.340 e. The second kappa shape index (κ2) is 8.84. The molecule has 0 radical (unpaired) electrons. The first-order valence-electron chi connectivity index (χ1n) is 6.18. The zero-order valence-corrected chi connectivity index (χ0v) is 14.4. The van der Waals surface area contributed by atoms with Crippen molar-refractivity contribution in [2.45, 2.75) is 0 Å². The number of nitrogens with one attached hydrogen (secondary N) is 1. The van der Waals surface area contributed by atoms with Gasteiger partial charge < -0.3 is 5.32 Å². The van der Waals surface area contributed by atoms with Crippen molar-refractivity contribution in [3.05, 3.63) is 69.5 Å². The Morgan fingerprint density at radius 3 is 2.04 bits per heavy atom. The van der Waals surface area contributed by atoms with Gasteiger partial charge in [0.05, 0.1) is 0 Å². The maximum atomic E-state index is 5.84. The number of nitrogens with zero attached hydrogens (tertiary/aromatic N) is 4. The van der Waals surface area contributed by atoms with Crippen LogP contribution in [0.1, 0.15) is 0 Å². The van der Waals surface area contributed by atoms with Crippen molar-refractivity contribution in [3.63, 3.8) is 0 Å². The third kappa shape index (κ3) is 6.54. The lowest BCUT2D eigenvalue weighted by atomic mass is 10.3. The van der Waals surface area contributed by atoms with Gasteiger partial charge in [-0.25, -0.2) is 19.9 Å². The van der Waals surface area contributed by atoms with Crippen LogP contribution in [0.3, 0.4) is 0 Å². The average molecular weight is 389 g/mol. The molecule has 118 valence electrons. The molecule has 0 bridgehead atoms.